The molecule has 0 spiro atoms. The average molecular weight is 339 g/mol. The summed E-state index contributed by atoms with van der Waals surface area (Å²) in [7, 11) is -1.95. The predicted octanol–water partition coefficient (Wildman–Crippen LogP) is 1.15. The predicted molar refractivity (Wildman–Crippen MR) is 89.9 cm³/mol. The summed E-state index contributed by atoms with van der Waals surface area (Å²) in [6.07, 6.45) is 0.928. The van der Waals surface area contributed by atoms with Gasteiger partial charge in [-0.3, -0.25) is 4.79 Å². The topological polar surface area (TPSA) is 69.7 Å². The summed E-state index contributed by atoms with van der Waals surface area (Å²) in [5.74, 6) is -0.0464. The monoisotopic (exact) mass is 339 g/mol. The highest BCUT2D eigenvalue weighted by molar-refractivity contribution is 7.89. The van der Waals surface area contributed by atoms with Crippen molar-refractivity contribution in [3.63, 3.8) is 0 Å². The van der Waals surface area contributed by atoms with E-state index in [0.717, 1.165) is 26.1 Å². The van der Waals surface area contributed by atoms with E-state index in [1.165, 1.54) is 16.4 Å². The molecule has 23 heavy (non-hydrogen) atoms. The summed E-state index contributed by atoms with van der Waals surface area (Å²) in [5, 5.41) is 3.26. The molecular weight excluding hydrogens is 314 g/mol. The van der Waals surface area contributed by atoms with E-state index in [9.17, 15) is 13.2 Å². The number of rotatable bonds is 4. The number of nitrogens with zero attached hydrogens (tertiary/aromatic N) is 2. The van der Waals surface area contributed by atoms with Crippen molar-refractivity contribution in [1.82, 2.24) is 14.5 Å². The molecule has 1 amide bonds. The lowest BCUT2D eigenvalue weighted by Crippen LogP contribution is -2.34. The first kappa shape index (κ1) is 17.9. The van der Waals surface area contributed by atoms with Crippen molar-refractivity contribution in [1.29, 1.82) is 0 Å². The molecule has 2 rings (SSSR count). The number of hydrogen-bond acceptors (Lipinski definition) is 4. The van der Waals surface area contributed by atoms with Gasteiger partial charge in [-0.15, -0.1) is 0 Å². The van der Waals surface area contributed by atoms with E-state index in [0.29, 0.717) is 12.1 Å². The zero-order chi connectivity index (χ0) is 17.0. The van der Waals surface area contributed by atoms with Crippen LogP contribution < -0.4 is 5.32 Å². The van der Waals surface area contributed by atoms with Gasteiger partial charge in [-0.1, -0.05) is 0 Å². The van der Waals surface area contributed by atoms with Gasteiger partial charge in [0.05, 0.1) is 4.90 Å². The van der Waals surface area contributed by atoms with Gasteiger partial charge in [-0.25, -0.2) is 8.42 Å². The first-order chi connectivity index (χ1) is 10.8. The molecule has 7 heteroatoms. The Kier molecular flexibility index (Phi) is 5.78. The number of sulfonamides is 1. The molecule has 1 aliphatic heterocycles. The Morgan fingerprint density at radius 2 is 1.83 bits per heavy atom. The first-order valence-corrected chi connectivity index (χ1v) is 9.36. The highest BCUT2D eigenvalue weighted by Gasteiger charge is 2.24. The third-order valence-corrected chi connectivity index (χ3v) is 6.18. The number of amides is 1. The molecule has 0 bridgehead atoms. The maximum absolute atomic E-state index is 12.5. The van der Waals surface area contributed by atoms with Gasteiger partial charge < -0.3 is 10.2 Å². The third-order valence-electron chi connectivity index (χ3n) is 4.13. The summed E-state index contributed by atoms with van der Waals surface area (Å²) in [6, 6.07) is 6.10. The molecule has 128 valence electrons. The van der Waals surface area contributed by atoms with Gasteiger partial charge in [0.1, 0.15) is 0 Å². The summed E-state index contributed by atoms with van der Waals surface area (Å²) in [4.78, 5) is 14.5. The largest absolute Gasteiger partial charge is 0.337 e. The average Bonchev–Trinajstić information content (AvgIpc) is 2.82. The number of carbonyl (C=O) groups excluding carboxylic acids is 1. The normalized spacial score (nSPS) is 16.7. The smallest absolute Gasteiger partial charge is 0.253 e. The standard InChI is InChI=1S/C16H25N3O3S/c1-13(2)18(3)23(21,22)15-7-5-14(6-8-15)16(20)19-11-4-9-17-10-12-19/h5-8,13,17H,4,9-12H2,1-3H3. The second kappa shape index (κ2) is 7.42. The molecular formula is C16H25N3O3S. The molecule has 6 nitrogen and oxygen atoms in total. The minimum atomic E-state index is -3.51. The molecule has 0 aliphatic carbocycles. The molecule has 1 fully saturated rings. The summed E-state index contributed by atoms with van der Waals surface area (Å²) in [5.41, 5.74) is 0.526. The lowest BCUT2D eigenvalue weighted by atomic mass is 10.2. The maximum Gasteiger partial charge on any atom is 0.253 e. The third kappa shape index (κ3) is 4.10. The second-order valence-corrected chi connectivity index (χ2v) is 8.03. The molecule has 0 saturated carbocycles. The second-order valence-electron chi connectivity index (χ2n) is 6.04. The Hall–Kier alpha value is -1.44. The zero-order valence-electron chi connectivity index (χ0n) is 13.9. The fourth-order valence-corrected chi connectivity index (χ4v) is 3.81. The van der Waals surface area contributed by atoms with Crippen LogP contribution in [0, 0.1) is 0 Å². The lowest BCUT2D eigenvalue weighted by molar-refractivity contribution is 0.0766. The van der Waals surface area contributed by atoms with Gasteiger partial charge in [0.15, 0.2) is 0 Å². The van der Waals surface area contributed by atoms with Crippen LogP contribution in [-0.2, 0) is 10.0 Å². The minimum Gasteiger partial charge on any atom is -0.337 e. The van der Waals surface area contributed by atoms with Gasteiger partial charge in [-0.2, -0.15) is 4.31 Å². The molecule has 0 aromatic heterocycles. The van der Waals surface area contributed by atoms with Crippen LogP contribution in [-0.4, -0.2) is 62.8 Å². The molecule has 1 aliphatic rings. The van der Waals surface area contributed by atoms with Crippen LogP contribution in [0.5, 0.6) is 0 Å². The van der Waals surface area contributed by atoms with Crippen LogP contribution >= 0.6 is 0 Å². The Morgan fingerprint density at radius 1 is 1.17 bits per heavy atom. The Morgan fingerprint density at radius 3 is 2.43 bits per heavy atom. The molecule has 0 radical (unpaired) electrons. The molecule has 1 aromatic carbocycles. The quantitative estimate of drug-likeness (QED) is 0.893. The highest BCUT2D eigenvalue weighted by atomic mass is 32.2. The maximum atomic E-state index is 12.5. The molecule has 1 heterocycles. The van der Waals surface area contributed by atoms with Crippen molar-refractivity contribution in [3.8, 4) is 0 Å². The highest BCUT2D eigenvalue weighted by Crippen LogP contribution is 2.18. The summed E-state index contributed by atoms with van der Waals surface area (Å²) >= 11 is 0. The minimum absolute atomic E-state index is 0.0464. The van der Waals surface area contributed by atoms with Gasteiger partial charge in [0, 0.05) is 38.3 Å². The number of carbonyl (C=O) groups is 1. The number of hydrogen-bond donors (Lipinski definition) is 1. The Balaban J connectivity index is 2.17. The van der Waals surface area contributed by atoms with Crippen molar-refractivity contribution in [2.45, 2.75) is 31.2 Å². The Labute approximate surface area is 138 Å². The van der Waals surface area contributed by atoms with E-state index < -0.39 is 10.0 Å². The van der Waals surface area contributed by atoms with Crippen molar-refractivity contribution in [2.24, 2.45) is 0 Å². The summed E-state index contributed by atoms with van der Waals surface area (Å²) < 4.78 is 26.2. The van der Waals surface area contributed by atoms with Crippen molar-refractivity contribution >= 4 is 15.9 Å². The lowest BCUT2D eigenvalue weighted by Gasteiger charge is -2.22. The van der Waals surface area contributed by atoms with Gasteiger partial charge in [0.25, 0.3) is 5.91 Å². The van der Waals surface area contributed by atoms with Crippen LogP contribution in [0.3, 0.4) is 0 Å². The van der Waals surface area contributed by atoms with Crippen molar-refractivity contribution in [2.75, 3.05) is 33.2 Å². The molecule has 1 N–H and O–H groups in total. The van der Waals surface area contributed by atoms with E-state index in [4.69, 9.17) is 0 Å². The van der Waals surface area contributed by atoms with Gasteiger partial charge >= 0.3 is 0 Å². The fourth-order valence-electron chi connectivity index (χ4n) is 2.44. The summed E-state index contributed by atoms with van der Waals surface area (Å²) in [6.45, 7) is 6.75. The van der Waals surface area contributed by atoms with E-state index in [-0.39, 0.29) is 16.8 Å². The van der Waals surface area contributed by atoms with Crippen LogP contribution in [0.25, 0.3) is 0 Å². The fraction of sp³-hybridized carbons (Fsp3) is 0.562. The van der Waals surface area contributed by atoms with Crippen molar-refractivity contribution in [3.05, 3.63) is 29.8 Å². The molecule has 1 saturated heterocycles. The Bertz CT molecular complexity index is 633. The number of nitrogens with one attached hydrogen (secondary N) is 1. The van der Waals surface area contributed by atoms with Gasteiger partial charge in [0.2, 0.25) is 10.0 Å². The van der Waals surface area contributed by atoms with E-state index in [1.54, 1.807) is 19.2 Å². The molecule has 0 unspecified atom stereocenters. The zero-order valence-corrected chi connectivity index (χ0v) is 14.8. The van der Waals surface area contributed by atoms with E-state index >= 15 is 0 Å². The van der Waals surface area contributed by atoms with Crippen LogP contribution in [0.4, 0.5) is 0 Å². The van der Waals surface area contributed by atoms with Crippen molar-refractivity contribution < 1.29 is 13.2 Å². The van der Waals surface area contributed by atoms with Crippen LogP contribution in [0.2, 0.25) is 0 Å². The molecule has 0 atom stereocenters. The first-order valence-electron chi connectivity index (χ1n) is 7.92. The molecule has 1 aromatic rings. The van der Waals surface area contributed by atoms with E-state index in [2.05, 4.69) is 5.32 Å². The van der Waals surface area contributed by atoms with Crippen LogP contribution in [0.1, 0.15) is 30.6 Å². The SMILES string of the molecule is CC(C)N(C)S(=O)(=O)c1ccc(C(=O)N2CCCNCC2)cc1. The van der Waals surface area contributed by atoms with Gasteiger partial charge in [-0.05, 0) is 51.1 Å². The van der Waals surface area contributed by atoms with Crippen LogP contribution in [0.15, 0.2) is 29.2 Å². The number of benzene rings is 1. The van der Waals surface area contributed by atoms with E-state index in [1.807, 2.05) is 18.7 Å².